The van der Waals surface area contributed by atoms with Gasteiger partial charge in [-0.15, -0.1) is 0 Å². The molecule has 0 saturated heterocycles. The highest BCUT2D eigenvalue weighted by atomic mass is 35.5. The summed E-state index contributed by atoms with van der Waals surface area (Å²) in [5.41, 5.74) is 6.08. The zero-order chi connectivity index (χ0) is 14.0. The van der Waals surface area contributed by atoms with Crippen LogP contribution < -0.4 is 11.1 Å². The lowest BCUT2D eigenvalue weighted by molar-refractivity contribution is 0.102. The van der Waals surface area contributed by atoms with Crippen molar-refractivity contribution in [2.75, 3.05) is 11.1 Å². The van der Waals surface area contributed by atoms with E-state index >= 15 is 0 Å². The van der Waals surface area contributed by atoms with Crippen molar-refractivity contribution < 1.29 is 9.18 Å². The van der Waals surface area contributed by atoms with Crippen LogP contribution in [-0.2, 0) is 0 Å². The highest BCUT2D eigenvalue weighted by molar-refractivity contribution is 6.34. The number of nitrogens with one attached hydrogen (secondary N) is 1. The number of nitrogens with two attached hydrogens (primary N) is 1. The Bertz CT molecular complexity index is 649. The molecule has 2 rings (SSSR count). The molecule has 0 fully saturated rings. The van der Waals surface area contributed by atoms with E-state index in [0.29, 0.717) is 0 Å². The molecule has 1 amide bonds. The van der Waals surface area contributed by atoms with E-state index in [1.807, 2.05) is 0 Å². The van der Waals surface area contributed by atoms with E-state index in [9.17, 15) is 9.18 Å². The van der Waals surface area contributed by atoms with Gasteiger partial charge in [0.15, 0.2) is 0 Å². The van der Waals surface area contributed by atoms with Gasteiger partial charge in [0.1, 0.15) is 11.0 Å². The number of anilines is 2. The van der Waals surface area contributed by atoms with Gasteiger partial charge in [-0.05, 0) is 24.3 Å². The van der Waals surface area contributed by atoms with E-state index in [2.05, 4.69) is 10.3 Å². The van der Waals surface area contributed by atoms with Gasteiger partial charge in [0.2, 0.25) is 0 Å². The minimum atomic E-state index is -0.547. The van der Waals surface area contributed by atoms with E-state index in [1.165, 1.54) is 24.4 Å². The minimum absolute atomic E-state index is 0.129. The number of halogens is 3. The molecule has 3 N–H and O–H groups in total. The van der Waals surface area contributed by atoms with E-state index in [1.54, 1.807) is 0 Å². The number of aromatic nitrogens is 1. The molecule has 0 radical (unpaired) electrons. The van der Waals surface area contributed by atoms with Crippen LogP contribution in [0.25, 0.3) is 0 Å². The lowest BCUT2D eigenvalue weighted by Crippen LogP contribution is -2.14. The Morgan fingerprint density at radius 2 is 2.05 bits per heavy atom. The molecule has 0 spiro atoms. The summed E-state index contributed by atoms with van der Waals surface area (Å²) in [5.74, 6) is -1.06. The first-order valence-electron chi connectivity index (χ1n) is 5.15. The summed E-state index contributed by atoms with van der Waals surface area (Å²) in [6.45, 7) is 0. The van der Waals surface area contributed by atoms with Crippen LogP contribution in [-0.4, -0.2) is 10.9 Å². The topological polar surface area (TPSA) is 68.0 Å². The number of amides is 1. The van der Waals surface area contributed by atoms with Gasteiger partial charge >= 0.3 is 0 Å². The smallest absolute Gasteiger partial charge is 0.257 e. The molecule has 19 heavy (non-hydrogen) atoms. The minimum Gasteiger partial charge on any atom is -0.397 e. The van der Waals surface area contributed by atoms with Crippen LogP contribution in [0.2, 0.25) is 10.2 Å². The molecule has 1 heterocycles. The first-order valence-corrected chi connectivity index (χ1v) is 5.90. The fraction of sp³-hybridized carbons (Fsp3) is 0. The van der Waals surface area contributed by atoms with Crippen LogP contribution in [0.1, 0.15) is 10.4 Å². The molecule has 1 aromatic carbocycles. The highest BCUT2D eigenvalue weighted by Gasteiger charge is 2.13. The summed E-state index contributed by atoms with van der Waals surface area (Å²) in [7, 11) is 0. The zero-order valence-corrected chi connectivity index (χ0v) is 11.0. The quantitative estimate of drug-likeness (QED) is 0.836. The van der Waals surface area contributed by atoms with E-state index in [-0.39, 0.29) is 27.1 Å². The van der Waals surface area contributed by atoms with Gasteiger partial charge in [0.25, 0.3) is 5.91 Å². The Kier molecular flexibility index (Phi) is 3.87. The standard InChI is InChI=1S/C12H8Cl2FN3O/c13-8-2-1-6(15)3-10(8)18-12(19)7-4-11(14)17-5-9(7)16/h1-5H,16H2,(H,18,19). The van der Waals surface area contributed by atoms with E-state index in [0.717, 1.165) is 6.07 Å². The lowest BCUT2D eigenvalue weighted by atomic mass is 10.2. The predicted octanol–water partition coefficient (Wildman–Crippen LogP) is 3.36. The van der Waals surface area contributed by atoms with Crippen molar-refractivity contribution in [3.8, 4) is 0 Å². The Morgan fingerprint density at radius 3 is 2.79 bits per heavy atom. The molecular formula is C12H8Cl2FN3O. The number of nitrogens with zero attached hydrogens (tertiary/aromatic N) is 1. The third kappa shape index (κ3) is 3.13. The number of rotatable bonds is 2. The molecule has 7 heteroatoms. The molecule has 0 unspecified atom stereocenters. The van der Waals surface area contributed by atoms with Gasteiger partial charge in [0, 0.05) is 0 Å². The van der Waals surface area contributed by atoms with Crippen LogP contribution in [0.3, 0.4) is 0 Å². The van der Waals surface area contributed by atoms with Gasteiger partial charge in [-0.2, -0.15) is 0 Å². The van der Waals surface area contributed by atoms with Crippen molar-refractivity contribution in [3.63, 3.8) is 0 Å². The Balaban J connectivity index is 2.30. The summed E-state index contributed by atoms with van der Waals surface area (Å²) < 4.78 is 13.1. The zero-order valence-electron chi connectivity index (χ0n) is 9.45. The summed E-state index contributed by atoms with van der Waals surface area (Å²) in [5, 5.41) is 2.80. The third-order valence-electron chi connectivity index (χ3n) is 2.32. The summed E-state index contributed by atoms with van der Waals surface area (Å²) in [4.78, 5) is 15.7. The first-order chi connectivity index (χ1) is 8.97. The van der Waals surface area contributed by atoms with Crippen molar-refractivity contribution in [1.82, 2.24) is 4.98 Å². The van der Waals surface area contributed by atoms with Crippen LogP contribution in [0.4, 0.5) is 15.8 Å². The third-order valence-corrected chi connectivity index (χ3v) is 2.86. The van der Waals surface area contributed by atoms with Crippen molar-refractivity contribution >= 4 is 40.5 Å². The number of hydrogen-bond donors (Lipinski definition) is 2. The molecule has 0 atom stereocenters. The second-order valence-corrected chi connectivity index (χ2v) is 4.47. The average molecular weight is 300 g/mol. The maximum atomic E-state index is 13.1. The van der Waals surface area contributed by atoms with Crippen LogP contribution in [0.15, 0.2) is 30.5 Å². The van der Waals surface area contributed by atoms with Gasteiger partial charge < -0.3 is 11.1 Å². The maximum absolute atomic E-state index is 13.1. The molecule has 0 aliphatic heterocycles. The normalized spacial score (nSPS) is 10.3. The van der Waals surface area contributed by atoms with Crippen molar-refractivity contribution in [2.45, 2.75) is 0 Å². The van der Waals surface area contributed by atoms with Gasteiger partial charge in [-0.1, -0.05) is 23.2 Å². The Morgan fingerprint density at radius 1 is 1.32 bits per heavy atom. The van der Waals surface area contributed by atoms with Crippen molar-refractivity contribution in [2.24, 2.45) is 0 Å². The maximum Gasteiger partial charge on any atom is 0.257 e. The summed E-state index contributed by atoms with van der Waals surface area (Å²) >= 11 is 11.5. The van der Waals surface area contributed by atoms with Crippen molar-refractivity contribution in [1.29, 1.82) is 0 Å². The molecule has 0 aliphatic carbocycles. The van der Waals surface area contributed by atoms with Crippen LogP contribution in [0, 0.1) is 5.82 Å². The second-order valence-electron chi connectivity index (χ2n) is 3.67. The van der Waals surface area contributed by atoms with Gasteiger partial charge in [0.05, 0.1) is 28.2 Å². The number of carbonyl (C=O) groups is 1. The fourth-order valence-electron chi connectivity index (χ4n) is 1.42. The molecule has 98 valence electrons. The van der Waals surface area contributed by atoms with Gasteiger partial charge in [-0.3, -0.25) is 4.79 Å². The Labute approximate surface area is 118 Å². The van der Waals surface area contributed by atoms with Crippen LogP contribution >= 0.6 is 23.2 Å². The number of benzene rings is 1. The molecule has 1 aromatic heterocycles. The van der Waals surface area contributed by atoms with Crippen LogP contribution in [0.5, 0.6) is 0 Å². The Hall–Kier alpha value is -1.85. The first kappa shape index (κ1) is 13.6. The van der Waals surface area contributed by atoms with Gasteiger partial charge in [-0.25, -0.2) is 9.37 Å². The number of nitrogen functional groups attached to an aromatic ring is 1. The largest absolute Gasteiger partial charge is 0.397 e. The summed E-state index contributed by atoms with van der Waals surface area (Å²) in [6.07, 6.45) is 1.27. The highest BCUT2D eigenvalue weighted by Crippen LogP contribution is 2.24. The number of hydrogen-bond acceptors (Lipinski definition) is 3. The van der Waals surface area contributed by atoms with E-state index < -0.39 is 11.7 Å². The summed E-state index contributed by atoms with van der Waals surface area (Å²) in [6, 6.07) is 4.96. The molecule has 2 aromatic rings. The fourth-order valence-corrected chi connectivity index (χ4v) is 1.74. The number of carbonyl (C=O) groups excluding carboxylic acids is 1. The second kappa shape index (κ2) is 5.42. The molecular weight excluding hydrogens is 292 g/mol. The molecule has 0 saturated carbocycles. The van der Waals surface area contributed by atoms with Crippen molar-refractivity contribution in [3.05, 3.63) is 52.0 Å². The van der Waals surface area contributed by atoms with E-state index in [4.69, 9.17) is 28.9 Å². The average Bonchev–Trinajstić information content (AvgIpc) is 2.36. The number of pyridine rings is 1. The SMILES string of the molecule is Nc1cnc(Cl)cc1C(=O)Nc1cc(F)ccc1Cl. The molecule has 0 aliphatic rings. The lowest BCUT2D eigenvalue weighted by Gasteiger charge is -2.09. The predicted molar refractivity (Wildman–Crippen MR) is 73.0 cm³/mol. The monoisotopic (exact) mass is 299 g/mol. The molecule has 4 nitrogen and oxygen atoms in total. The molecule has 0 bridgehead atoms.